The van der Waals surface area contributed by atoms with Crippen molar-refractivity contribution >= 4 is 34.3 Å². The van der Waals surface area contributed by atoms with E-state index in [2.05, 4.69) is 4.57 Å². The van der Waals surface area contributed by atoms with Crippen molar-refractivity contribution in [1.29, 1.82) is 0 Å². The first kappa shape index (κ1) is 31.0. The fourth-order valence-electron chi connectivity index (χ4n) is 6.09. The Labute approximate surface area is 269 Å². The first-order valence-electron chi connectivity index (χ1n) is 15.1. The highest BCUT2D eigenvalue weighted by atomic mass is 32.1. The zero-order valence-electron chi connectivity index (χ0n) is 26.3. The Morgan fingerprint density at radius 2 is 1.83 bits per heavy atom. The van der Waals surface area contributed by atoms with E-state index in [4.69, 9.17) is 19.2 Å². The minimum atomic E-state index is -0.857. The number of benzene rings is 3. The molecule has 0 N–H and O–H groups in total. The van der Waals surface area contributed by atoms with Gasteiger partial charge in [0.25, 0.3) is 5.56 Å². The largest absolute Gasteiger partial charge is 0.493 e. The summed E-state index contributed by atoms with van der Waals surface area (Å²) >= 11 is 1.26. The molecule has 0 aliphatic carbocycles. The third-order valence-corrected chi connectivity index (χ3v) is 9.10. The van der Waals surface area contributed by atoms with Crippen LogP contribution in [0, 0.1) is 12.7 Å². The molecule has 0 spiro atoms. The molecule has 0 fully saturated rings. The van der Waals surface area contributed by atoms with Crippen molar-refractivity contribution < 1.29 is 23.4 Å². The number of fused-ring (bicyclic) bond motifs is 2. The number of carbonyl (C=O) groups excluding carboxylic acids is 1. The van der Waals surface area contributed by atoms with E-state index < -0.39 is 12.0 Å². The Kier molecular flexibility index (Phi) is 8.64. The van der Waals surface area contributed by atoms with Crippen molar-refractivity contribution in [2.45, 2.75) is 40.3 Å². The first-order chi connectivity index (χ1) is 22.3. The molecule has 0 radical (unpaired) electrons. The molecule has 3 heterocycles. The fourth-order valence-corrected chi connectivity index (χ4v) is 7.11. The zero-order chi connectivity index (χ0) is 32.5. The summed E-state index contributed by atoms with van der Waals surface area (Å²) in [5.41, 5.74) is 4.64. The molecule has 46 heavy (non-hydrogen) atoms. The van der Waals surface area contributed by atoms with Crippen molar-refractivity contribution in [2.75, 3.05) is 20.3 Å². The van der Waals surface area contributed by atoms with Crippen LogP contribution in [-0.4, -0.2) is 35.4 Å². The second kappa shape index (κ2) is 12.8. The molecule has 1 aliphatic heterocycles. The summed E-state index contributed by atoms with van der Waals surface area (Å²) in [7, 11) is 1.55. The minimum absolute atomic E-state index is 0.169. The average molecular weight is 640 g/mol. The Balaban J connectivity index is 1.58. The van der Waals surface area contributed by atoms with Gasteiger partial charge < -0.3 is 18.8 Å². The van der Waals surface area contributed by atoms with Gasteiger partial charge in [-0.3, -0.25) is 9.36 Å². The Hall–Kier alpha value is -4.96. The number of nitrogens with zero attached hydrogens (tertiary/aromatic N) is 3. The number of hydrogen-bond acceptors (Lipinski definition) is 7. The highest BCUT2D eigenvalue weighted by Gasteiger charge is 2.36. The maximum atomic E-state index is 14.4. The van der Waals surface area contributed by atoms with E-state index in [1.54, 1.807) is 37.7 Å². The average Bonchev–Trinajstić information content (AvgIpc) is 3.49. The van der Waals surface area contributed by atoms with Crippen LogP contribution in [0.1, 0.15) is 49.2 Å². The van der Waals surface area contributed by atoms with Gasteiger partial charge in [0, 0.05) is 34.3 Å². The maximum Gasteiger partial charge on any atom is 0.338 e. The van der Waals surface area contributed by atoms with E-state index in [1.165, 1.54) is 23.5 Å². The topological polar surface area (TPSA) is 84.1 Å². The lowest BCUT2D eigenvalue weighted by Crippen LogP contribution is -2.40. The van der Waals surface area contributed by atoms with Gasteiger partial charge >= 0.3 is 5.97 Å². The van der Waals surface area contributed by atoms with Crippen LogP contribution < -0.4 is 24.4 Å². The molecule has 1 atom stereocenters. The number of ether oxygens (including phenoxy) is 3. The van der Waals surface area contributed by atoms with Gasteiger partial charge in [0.2, 0.25) is 0 Å². The molecular weight excluding hydrogens is 605 g/mol. The van der Waals surface area contributed by atoms with Gasteiger partial charge in [-0.05, 0) is 63.6 Å². The van der Waals surface area contributed by atoms with Crippen molar-refractivity contribution in [2.24, 2.45) is 4.99 Å². The van der Waals surface area contributed by atoms with Gasteiger partial charge in [-0.1, -0.05) is 53.8 Å². The normalized spacial score (nSPS) is 14.7. The Morgan fingerprint density at radius 3 is 2.57 bits per heavy atom. The molecular formula is C36H34FN3O5S. The summed E-state index contributed by atoms with van der Waals surface area (Å²) in [6.07, 6.45) is 1.89. The van der Waals surface area contributed by atoms with Crippen LogP contribution in [0.4, 0.5) is 4.39 Å². The number of allylic oxidation sites excluding steroid dienone is 1. The van der Waals surface area contributed by atoms with E-state index in [9.17, 15) is 14.0 Å². The number of carbonyl (C=O) groups is 1. The highest BCUT2D eigenvalue weighted by Crippen LogP contribution is 2.41. The van der Waals surface area contributed by atoms with Crippen LogP contribution in [0.5, 0.6) is 11.5 Å². The quantitative estimate of drug-likeness (QED) is 0.195. The van der Waals surface area contributed by atoms with E-state index in [-0.39, 0.29) is 23.6 Å². The zero-order valence-corrected chi connectivity index (χ0v) is 27.1. The Bertz CT molecular complexity index is 2190. The van der Waals surface area contributed by atoms with Crippen LogP contribution in [-0.2, 0) is 16.1 Å². The number of esters is 1. The van der Waals surface area contributed by atoms with Crippen molar-refractivity contribution in [3.63, 3.8) is 0 Å². The summed E-state index contributed by atoms with van der Waals surface area (Å²) in [5.74, 6) is 0.0917. The van der Waals surface area contributed by atoms with E-state index in [0.717, 1.165) is 27.7 Å². The second-order valence-electron chi connectivity index (χ2n) is 10.8. The molecule has 2 aromatic heterocycles. The fraction of sp³-hybridized carbons (Fsp3) is 0.250. The SMILES string of the molecule is CCOC(=O)C1=C(C)N=c2s/c(=C/c3c(C)n(Cc4cccc(F)c4)c4ccccc34)c(=O)n2[C@@H]1c1cccc(OC)c1OCC. The molecule has 0 amide bonds. The predicted octanol–water partition coefficient (Wildman–Crippen LogP) is 5.66. The number of aromatic nitrogens is 2. The van der Waals surface area contributed by atoms with Crippen LogP contribution in [0.15, 0.2) is 87.8 Å². The lowest BCUT2D eigenvalue weighted by Gasteiger charge is -2.26. The summed E-state index contributed by atoms with van der Waals surface area (Å²) < 4.78 is 35.3. The summed E-state index contributed by atoms with van der Waals surface area (Å²) in [5, 5.41) is 0.966. The first-order valence-corrected chi connectivity index (χ1v) is 15.9. The molecule has 236 valence electrons. The number of hydrogen-bond donors (Lipinski definition) is 0. The third kappa shape index (κ3) is 5.43. The molecule has 0 saturated carbocycles. The number of halogens is 1. The summed E-state index contributed by atoms with van der Waals surface area (Å²) in [6.45, 7) is 8.34. The van der Waals surface area contributed by atoms with Gasteiger partial charge in [0.15, 0.2) is 16.3 Å². The van der Waals surface area contributed by atoms with Gasteiger partial charge in [0.1, 0.15) is 11.9 Å². The van der Waals surface area contributed by atoms with Crippen molar-refractivity contribution in [3.05, 3.63) is 126 Å². The predicted molar refractivity (Wildman–Crippen MR) is 177 cm³/mol. The molecule has 0 unspecified atom stereocenters. The monoisotopic (exact) mass is 639 g/mol. The van der Waals surface area contributed by atoms with E-state index >= 15 is 0 Å². The van der Waals surface area contributed by atoms with Gasteiger partial charge in [0.05, 0.1) is 36.1 Å². The van der Waals surface area contributed by atoms with E-state index in [1.807, 2.05) is 62.4 Å². The van der Waals surface area contributed by atoms with Gasteiger partial charge in [-0.15, -0.1) is 0 Å². The molecule has 0 saturated heterocycles. The minimum Gasteiger partial charge on any atom is -0.493 e. The summed E-state index contributed by atoms with van der Waals surface area (Å²) in [4.78, 5) is 33.1. The third-order valence-electron chi connectivity index (χ3n) is 8.11. The number of rotatable bonds is 9. The second-order valence-corrected chi connectivity index (χ2v) is 11.9. The summed E-state index contributed by atoms with van der Waals surface area (Å²) in [6, 6.07) is 19.1. The van der Waals surface area contributed by atoms with Crippen LogP contribution in [0.2, 0.25) is 0 Å². The lowest BCUT2D eigenvalue weighted by molar-refractivity contribution is -0.139. The maximum absolute atomic E-state index is 14.4. The number of methoxy groups -OCH3 is 1. The molecule has 6 rings (SSSR count). The van der Waals surface area contributed by atoms with Crippen LogP contribution in [0.3, 0.4) is 0 Å². The number of para-hydroxylation sites is 2. The Morgan fingerprint density at radius 1 is 1.04 bits per heavy atom. The van der Waals surface area contributed by atoms with Crippen LogP contribution in [0.25, 0.3) is 17.0 Å². The van der Waals surface area contributed by atoms with E-state index in [0.29, 0.717) is 45.2 Å². The molecule has 10 heteroatoms. The lowest BCUT2D eigenvalue weighted by atomic mass is 9.94. The molecule has 1 aliphatic rings. The smallest absolute Gasteiger partial charge is 0.338 e. The van der Waals surface area contributed by atoms with Crippen molar-refractivity contribution in [3.8, 4) is 11.5 Å². The molecule has 0 bridgehead atoms. The molecule has 5 aromatic rings. The van der Waals surface area contributed by atoms with Crippen LogP contribution >= 0.6 is 11.3 Å². The number of thiazole rings is 1. The van der Waals surface area contributed by atoms with Gasteiger partial charge in [-0.25, -0.2) is 14.2 Å². The molecule has 3 aromatic carbocycles. The van der Waals surface area contributed by atoms with Gasteiger partial charge in [-0.2, -0.15) is 0 Å². The standard InChI is InChI=1S/C36H34FN3O5S/c1-6-44-33-26(15-11-17-29(33)43-5)32-31(35(42)45-7-2)21(3)38-36-40(32)34(41)30(46-36)19-27-22(4)39(28-16-9-8-14-25(27)28)20-23-12-10-13-24(37)18-23/h8-19,32H,6-7,20H2,1-5H3/b30-19+/t32-/m1/s1. The van der Waals surface area contributed by atoms with Crippen molar-refractivity contribution in [1.82, 2.24) is 9.13 Å². The highest BCUT2D eigenvalue weighted by molar-refractivity contribution is 7.07. The molecule has 8 nitrogen and oxygen atoms in total.